The highest BCUT2D eigenvalue weighted by Crippen LogP contribution is 2.21. The van der Waals surface area contributed by atoms with Gasteiger partial charge in [0.2, 0.25) is 9.05 Å². The van der Waals surface area contributed by atoms with Crippen molar-refractivity contribution in [1.82, 2.24) is 0 Å². The molecule has 0 aliphatic carbocycles. The Morgan fingerprint density at radius 1 is 1.10 bits per heavy atom. The molecule has 0 aliphatic rings. The summed E-state index contributed by atoms with van der Waals surface area (Å²) in [5, 5.41) is 0. The fourth-order valence-corrected chi connectivity index (χ4v) is 3.32. The second-order valence-electron chi connectivity index (χ2n) is 5.74. The summed E-state index contributed by atoms with van der Waals surface area (Å²) in [5.41, 5.74) is 1.25. The summed E-state index contributed by atoms with van der Waals surface area (Å²) in [6.07, 6.45) is 0. The van der Waals surface area contributed by atoms with Gasteiger partial charge in [0.05, 0.1) is 12.4 Å². The van der Waals surface area contributed by atoms with Crippen molar-refractivity contribution in [2.24, 2.45) is 11.8 Å². The van der Waals surface area contributed by atoms with E-state index in [2.05, 4.69) is 13.8 Å². The molecule has 1 aromatic rings. The predicted octanol–water partition coefficient (Wildman–Crippen LogP) is 4.03. The lowest BCUT2D eigenvalue weighted by molar-refractivity contribution is 0.225. The van der Waals surface area contributed by atoms with Crippen LogP contribution >= 0.6 is 10.7 Å². The van der Waals surface area contributed by atoms with Gasteiger partial charge >= 0.3 is 0 Å². The Kier molecular flexibility index (Phi) is 6.34. The minimum Gasteiger partial charge on any atom is -0.493 e. The van der Waals surface area contributed by atoms with Crippen LogP contribution in [-0.2, 0) is 9.05 Å². The molecule has 1 rings (SSSR count). The lowest BCUT2D eigenvalue weighted by atomic mass is 9.99. The zero-order valence-electron chi connectivity index (χ0n) is 12.5. The van der Waals surface area contributed by atoms with Crippen LogP contribution in [0.2, 0.25) is 0 Å². The summed E-state index contributed by atoms with van der Waals surface area (Å²) in [5.74, 6) is 1.26. The third kappa shape index (κ3) is 6.14. The number of hydrogen-bond donors (Lipinski definition) is 0. The van der Waals surface area contributed by atoms with E-state index in [1.165, 1.54) is 5.56 Å². The molecule has 0 spiro atoms. The second kappa shape index (κ2) is 7.32. The van der Waals surface area contributed by atoms with Crippen LogP contribution in [0.3, 0.4) is 0 Å². The molecule has 0 fully saturated rings. The number of benzene rings is 1. The molecule has 0 aromatic heterocycles. The van der Waals surface area contributed by atoms with Gasteiger partial charge in [0.1, 0.15) is 5.75 Å². The van der Waals surface area contributed by atoms with Gasteiger partial charge in [0.25, 0.3) is 0 Å². The van der Waals surface area contributed by atoms with Gasteiger partial charge in [-0.25, -0.2) is 8.42 Å². The fraction of sp³-hybridized carbons (Fsp3) is 0.600. The van der Waals surface area contributed by atoms with E-state index in [9.17, 15) is 8.42 Å². The van der Waals surface area contributed by atoms with Crippen molar-refractivity contribution in [3.05, 3.63) is 29.8 Å². The lowest BCUT2D eigenvalue weighted by Gasteiger charge is -2.20. The topological polar surface area (TPSA) is 43.4 Å². The monoisotopic (exact) mass is 318 g/mol. The molecule has 0 aliphatic heterocycles. The number of ether oxygens (including phenoxy) is 1. The van der Waals surface area contributed by atoms with E-state index in [1.54, 1.807) is 0 Å². The molecule has 114 valence electrons. The molecule has 20 heavy (non-hydrogen) atoms. The zero-order valence-corrected chi connectivity index (χ0v) is 14.0. The SMILES string of the molecule is CC(C)c1ccc(OCC(CS(=O)(=O)Cl)C(C)C)cc1. The van der Waals surface area contributed by atoms with Gasteiger partial charge < -0.3 is 4.74 Å². The van der Waals surface area contributed by atoms with Crippen molar-refractivity contribution >= 4 is 19.7 Å². The van der Waals surface area contributed by atoms with Crippen molar-refractivity contribution in [2.75, 3.05) is 12.4 Å². The van der Waals surface area contributed by atoms with Crippen molar-refractivity contribution in [2.45, 2.75) is 33.6 Å². The summed E-state index contributed by atoms with van der Waals surface area (Å²) >= 11 is 0. The first-order chi connectivity index (χ1) is 9.19. The first-order valence-electron chi connectivity index (χ1n) is 6.84. The summed E-state index contributed by atoms with van der Waals surface area (Å²) in [6.45, 7) is 8.56. The maximum absolute atomic E-state index is 11.2. The van der Waals surface area contributed by atoms with E-state index in [-0.39, 0.29) is 17.6 Å². The third-order valence-corrected chi connectivity index (χ3v) is 4.57. The number of hydrogen-bond acceptors (Lipinski definition) is 3. The molecule has 1 aromatic carbocycles. The molecule has 1 atom stereocenters. The Morgan fingerprint density at radius 2 is 1.65 bits per heavy atom. The minimum atomic E-state index is -3.50. The molecular weight excluding hydrogens is 296 g/mol. The molecule has 0 saturated heterocycles. The van der Waals surface area contributed by atoms with E-state index >= 15 is 0 Å². The van der Waals surface area contributed by atoms with Crippen molar-refractivity contribution in [3.63, 3.8) is 0 Å². The van der Waals surface area contributed by atoms with Gasteiger partial charge in [0, 0.05) is 16.6 Å². The predicted molar refractivity (Wildman–Crippen MR) is 84.0 cm³/mol. The Labute approximate surface area is 126 Å². The van der Waals surface area contributed by atoms with Crippen LogP contribution in [0.5, 0.6) is 5.75 Å². The molecule has 3 nitrogen and oxygen atoms in total. The average Bonchev–Trinajstić information content (AvgIpc) is 2.33. The van der Waals surface area contributed by atoms with Gasteiger partial charge in [-0.2, -0.15) is 0 Å². The molecule has 0 amide bonds. The Hall–Kier alpha value is -0.740. The number of rotatable bonds is 7. The normalized spacial score (nSPS) is 13.8. The Bertz CT molecular complexity index is 506. The lowest BCUT2D eigenvalue weighted by Crippen LogP contribution is -2.24. The first kappa shape index (κ1) is 17.3. The van der Waals surface area contributed by atoms with E-state index in [0.29, 0.717) is 12.5 Å². The molecule has 0 N–H and O–H groups in total. The van der Waals surface area contributed by atoms with Gasteiger partial charge in [-0.1, -0.05) is 39.8 Å². The second-order valence-corrected chi connectivity index (χ2v) is 8.57. The third-order valence-electron chi connectivity index (χ3n) is 3.37. The molecule has 0 bridgehead atoms. The van der Waals surface area contributed by atoms with Crippen LogP contribution < -0.4 is 4.74 Å². The summed E-state index contributed by atoms with van der Waals surface area (Å²) in [6, 6.07) is 7.90. The molecule has 0 saturated carbocycles. The van der Waals surface area contributed by atoms with Crippen molar-refractivity contribution in [1.29, 1.82) is 0 Å². The average molecular weight is 319 g/mol. The Balaban J connectivity index is 2.63. The fourth-order valence-electron chi connectivity index (χ4n) is 1.84. The highest BCUT2D eigenvalue weighted by atomic mass is 35.7. The smallest absolute Gasteiger partial charge is 0.233 e. The highest BCUT2D eigenvalue weighted by Gasteiger charge is 2.21. The maximum atomic E-state index is 11.2. The van der Waals surface area contributed by atoms with E-state index in [0.717, 1.165) is 5.75 Å². The largest absolute Gasteiger partial charge is 0.493 e. The van der Waals surface area contributed by atoms with Crippen LogP contribution in [0, 0.1) is 11.8 Å². The molecule has 0 radical (unpaired) electrons. The summed E-state index contributed by atoms with van der Waals surface area (Å²) < 4.78 is 28.1. The zero-order chi connectivity index (χ0) is 15.3. The van der Waals surface area contributed by atoms with Gasteiger partial charge in [-0.3, -0.25) is 0 Å². The van der Waals surface area contributed by atoms with Gasteiger partial charge in [-0.05, 0) is 29.5 Å². The van der Waals surface area contributed by atoms with E-state index in [4.69, 9.17) is 15.4 Å². The minimum absolute atomic E-state index is 0.0592. The molecule has 1 unspecified atom stereocenters. The van der Waals surface area contributed by atoms with Crippen LogP contribution in [0.4, 0.5) is 0 Å². The quantitative estimate of drug-likeness (QED) is 0.713. The highest BCUT2D eigenvalue weighted by molar-refractivity contribution is 8.13. The van der Waals surface area contributed by atoms with Crippen LogP contribution in [-0.4, -0.2) is 20.8 Å². The molecule has 5 heteroatoms. The first-order valence-corrected chi connectivity index (χ1v) is 9.32. The van der Waals surface area contributed by atoms with Crippen LogP contribution in [0.25, 0.3) is 0 Å². The summed E-state index contributed by atoms with van der Waals surface area (Å²) in [7, 11) is 1.83. The van der Waals surface area contributed by atoms with E-state index in [1.807, 2.05) is 38.1 Å². The summed E-state index contributed by atoms with van der Waals surface area (Å²) in [4.78, 5) is 0. The van der Waals surface area contributed by atoms with Crippen molar-refractivity contribution in [3.8, 4) is 5.75 Å². The van der Waals surface area contributed by atoms with Gasteiger partial charge in [-0.15, -0.1) is 0 Å². The molecular formula is C15H23ClO3S. The van der Waals surface area contributed by atoms with E-state index < -0.39 is 9.05 Å². The maximum Gasteiger partial charge on any atom is 0.233 e. The number of halogens is 1. The Morgan fingerprint density at radius 3 is 2.05 bits per heavy atom. The standard InChI is InChI=1S/C15H23ClO3S/c1-11(2)13-5-7-15(8-6-13)19-9-14(12(3)4)10-20(16,17)18/h5-8,11-12,14H,9-10H2,1-4H3. The molecule has 0 heterocycles. The van der Waals surface area contributed by atoms with Gasteiger partial charge in [0.15, 0.2) is 0 Å². The van der Waals surface area contributed by atoms with Crippen molar-refractivity contribution < 1.29 is 13.2 Å². The van der Waals surface area contributed by atoms with Crippen LogP contribution in [0.1, 0.15) is 39.2 Å². The van der Waals surface area contributed by atoms with Crippen LogP contribution in [0.15, 0.2) is 24.3 Å².